The van der Waals surface area contributed by atoms with Gasteiger partial charge in [0, 0.05) is 17.8 Å². The molecule has 4 N–H and O–H groups in total. The van der Waals surface area contributed by atoms with E-state index in [1.165, 1.54) is 19.3 Å². The maximum absolute atomic E-state index is 11.7. The minimum absolute atomic E-state index is 0.0463. The van der Waals surface area contributed by atoms with Crippen LogP contribution in [0.4, 0.5) is 5.69 Å². The number of nitrogens with two attached hydrogens (primary N) is 1. The first-order valence-electron chi connectivity index (χ1n) is 7.54. The zero-order valence-electron chi connectivity index (χ0n) is 12.7. The molecule has 0 aliphatic heterocycles. The van der Waals surface area contributed by atoms with Gasteiger partial charge in [0.1, 0.15) is 0 Å². The number of carbonyl (C=O) groups is 2. The minimum atomic E-state index is -0.477. The molecule has 1 aromatic rings. The van der Waals surface area contributed by atoms with Crippen molar-refractivity contribution in [1.82, 2.24) is 5.32 Å². The van der Waals surface area contributed by atoms with Crippen molar-refractivity contribution in [2.24, 2.45) is 5.73 Å². The first-order valence-corrected chi connectivity index (χ1v) is 7.54. The van der Waals surface area contributed by atoms with Crippen molar-refractivity contribution >= 4 is 17.5 Å². The summed E-state index contributed by atoms with van der Waals surface area (Å²) in [5.41, 5.74) is 6.35. The molecule has 0 spiro atoms. The van der Waals surface area contributed by atoms with Crippen molar-refractivity contribution in [3.8, 4) is 0 Å². The van der Waals surface area contributed by atoms with Gasteiger partial charge < -0.3 is 16.4 Å². The predicted octanol–water partition coefficient (Wildman–Crippen LogP) is 2.28. The van der Waals surface area contributed by atoms with Crippen molar-refractivity contribution < 1.29 is 9.59 Å². The smallest absolute Gasteiger partial charge is 0.248 e. The van der Waals surface area contributed by atoms with Gasteiger partial charge in [0.15, 0.2) is 0 Å². The van der Waals surface area contributed by atoms with Crippen LogP contribution < -0.4 is 16.4 Å². The van der Waals surface area contributed by atoms with Crippen molar-refractivity contribution in [1.29, 1.82) is 0 Å². The standard InChI is InChI=1S/C16H25N3O2/c1-2-3-4-5-6-10-18-15(20)12-19-14-9-7-8-13(11-14)16(17)21/h7-9,11,19H,2-6,10,12H2,1H3,(H2,17,21)(H,18,20). The second-order valence-electron chi connectivity index (χ2n) is 5.06. The Hall–Kier alpha value is -2.04. The van der Waals surface area contributed by atoms with Crippen LogP contribution in [-0.2, 0) is 4.79 Å². The van der Waals surface area contributed by atoms with Gasteiger partial charge in [-0.05, 0) is 24.6 Å². The summed E-state index contributed by atoms with van der Waals surface area (Å²) in [7, 11) is 0. The average molecular weight is 291 g/mol. The fraction of sp³-hybridized carbons (Fsp3) is 0.500. The first-order chi connectivity index (χ1) is 10.1. The summed E-state index contributed by atoms with van der Waals surface area (Å²) in [6.45, 7) is 3.09. The highest BCUT2D eigenvalue weighted by molar-refractivity contribution is 5.93. The lowest BCUT2D eigenvalue weighted by molar-refractivity contribution is -0.119. The Kier molecular flexibility index (Phi) is 7.94. The number of unbranched alkanes of at least 4 members (excludes halogenated alkanes) is 4. The van der Waals surface area contributed by atoms with Crippen LogP contribution in [0.2, 0.25) is 0 Å². The zero-order chi connectivity index (χ0) is 15.5. The molecule has 0 heterocycles. The van der Waals surface area contributed by atoms with E-state index in [1.807, 2.05) is 0 Å². The van der Waals surface area contributed by atoms with E-state index in [0.717, 1.165) is 12.8 Å². The summed E-state index contributed by atoms with van der Waals surface area (Å²) < 4.78 is 0. The summed E-state index contributed by atoms with van der Waals surface area (Å²) in [5.74, 6) is -0.523. The van der Waals surface area contributed by atoms with Gasteiger partial charge in [-0.25, -0.2) is 0 Å². The normalized spacial score (nSPS) is 10.1. The van der Waals surface area contributed by atoms with Crippen molar-refractivity contribution in [3.63, 3.8) is 0 Å². The molecule has 0 aromatic heterocycles. The highest BCUT2D eigenvalue weighted by atomic mass is 16.2. The Bertz CT molecular complexity index is 461. The van der Waals surface area contributed by atoms with E-state index in [-0.39, 0.29) is 12.5 Å². The second kappa shape index (κ2) is 9.80. The number of hydrogen-bond acceptors (Lipinski definition) is 3. The summed E-state index contributed by atoms with van der Waals surface area (Å²) >= 11 is 0. The Morgan fingerprint density at radius 3 is 2.62 bits per heavy atom. The van der Waals surface area contributed by atoms with Crippen LogP contribution in [0.1, 0.15) is 49.4 Å². The molecule has 0 fully saturated rings. The van der Waals surface area contributed by atoms with Gasteiger partial charge in [0.25, 0.3) is 0 Å². The molecule has 1 aromatic carbocycles. The molecule has 0 saturated heterocycles. The van der Waals surface area contributed by atoms with Gasteiger partial charge in [0.2, 0.25) is 11.8 Å². The first kappa shape index (κ1) is 17.0. The monoisotopic (exact) mass is 291 g/mol. The SMILES string of the molecule is CCCCCCCNC(=O)CNc1cccc(C(N)=O)c1. The molecule has 1 rings (SSSR count). The number of carbonyl (C=O) groups excluding carboxylic acids is 2. The summed E-state index contributed by atoms with van der Waals surface area (Å²) in [6, 6.07) is 6.81. The highest BCUT2D eigenvalue weighted by Crippen LogP contribution is 2.09. The number of rotatable bonds is 10. The van der Waals surface area contributed by atoms with E-state index in [4.69, 9.17) is 5.73 Å². The van der Waals surface area contributed by atoms with E-state index in [1.54, 1.807) is 24.3 Å². The van der Waals surface area contributed by atoms with Gasteiger partial charge >= 0.3 is 0 Å². The van der Waals surface area contributed by atoms with Gasteiger partial charge in [-0.3, -0.25) is 9.59 Å². The molecule has 0 aliphatic rings. The van der Waals surface area contributed by atoms with Gasteiger partial charge in [0.05, 0.1) is 6.54 Å². The molecule has 0 bridgehead atoms. The topological polar surface area (TPSA) is 84.2 Å². The fourth-order valence-corrected chi connectivity index (χ4v) is 1.98. The van der Waals surface area contributed by atoms with Gasteiger partial charge in [-0.1, -0.05) is 38.7 Å². The summed E-state index contributed by atoms with van der Waals surface area (Å²) in [6.07, 6.45) is 5.88. The Balaban J connectivity index is 2.21. The van der Waals surface area contributed by atoms with E-state index in [0.29, 0.717) is 17.8 Å². The van der Waals surface area contributed by atoms with E-state index in [9.17, 15) is 9.59 Å². The van der Waals surface area contributed by atoms with Crippen LogP contribution in [0, 0.1) is 0 Å². The molecule has 0 atom stereocenters. The summed E-state index contributed by atoms with van der Waals surface area (Å²) in [5, 5.41) is 5.86. The van der Waals surface area contributed by atoms with Crippen molar-refractivity contribution in [2.75, 3.05) is 18.4 Å². The minimum Gasteiger partial charge on any atom is -0.376 e. The van der Waals surface area contributed by atoms with Crippen LogP contribution >= 0.6 is 0 Å². The summed E-state index contributed by atoms with van der Waals surface area (Å²) in [4.78, 5) is 22.7. The molecule has 5 nitrogen and oxygen atoms in total. The Morgan fingerprint density at radius 2 is 1.90 bits per heavy atom. The molecule has 0 radical (unpaired) electrons. The maximum atomic E-state index is 11.7. The number of anilines is 1. The van der Waals surface area contributed by atoms with Crippen molar-refractivity contribution in [2.45, 2.75) is 39.0 Å². The molecule has 0 saturated carbocycles. The van der Waals surface area contributed by atoms with Crippen LogP contribution in [0.15, 0.2) is 24.3 Å². The molecule has 5 heteroatoms. The van der Waals surface area contributed by atoms with Crippen LogP contribution in [0.3, 0.4) is 0 Å². The van der Waals surface area contributed by atoms with E-state index in [2.05, 4.69) is 17.6 Å². The molecule has 0 aliphatic carbocycles. The molecular weight excluding hydrogens is 266 g/mol. The average Bonchev–Trinajstić information content (AvgIpc) is 2.49. The van der Waals surface area contributed by atoms with Gasteiger partial charge in [-0.15, -0.1) is 0 Å². The number of hydrogen-bond donors (Lipinski definition) is 3. The second-order valence-corrected chi connectivity index (χ2v) is 5.06. The maximum Gasteiger partial charge on any atom is 0.248 e. The third-order valence-electron chi connectivity index (χ3n) is 3.20. The van der Waals surface area contributed by atoms with Crippen molar-refractivity contribution in [3.05, 3.63) is 29.8 Å². The zero-order valence-corrected chi connectivity index (χ0v) is 12.7. The Labute approximate surface area is 126 Å². The largest absolute Gasteiger partial charge is 0.376 e. The van der Waals surface area contributed by atoms with E-state index < -0.39 is 5.91 Å². The highest BCUT2D eigenvalue weighted by Gasteiger charge is 2.03. The molecule has 116 valence electrons. The fourth-order valence-electron chi connectivity index (χ4n) is 1.98. The quantitative estimate of drug-likeness (QED) is 0.578. The number of nitrogens with one attached hydrogen (secondary N) is 2. The van der Waals surface area contributed by atoms with E-state index >= 15 is 0 Å². The van der Waals surface area contributed by atoms with Crippen LogP contribution in [-0.4, -0.2) is 24.9 Å². The molecule has 0 unspecified atom stereocenters. The number of amides is 2. The van der Waals surface area contributed by atoms with Gasteiger partial charge in [-0.2, -0.15) is 0 Å². The van der Waals surface area contributed by atoms with Crippen LogP contribution in [0.5, 0.6) is 0 Å². The lowest BCUT2D eigenvalue weighted by atomic mass is 10.1. The lowest BCUT2D eigenvalue weighted by Crippen LogP contribution is -2.30. The number of benzene rings is 1. The number of primary amides is 1. The molecule has 2 amide bonds. The predicted molar refractivity (Wildman–Crippen MR) is 85.2 cm³/mol. The lowest BCUT2D eigenvalue weighted by Gasteiger charge is -2.08. The molecular formula is C16H25N3O2. The third-order valence-corrected chi connectivity index (χ3v) is 3.20. The molecule has 21 heavy (non-hydrogen) atoms. The van der Waals surface area contributed by atoms with Crippen LogP contribution in [0.25, 0.3) is 0 Å². The Morgan fingerprint density at radius 1 is 1.14 bits per heavy atom. The third kappa shape index (κ3) is 7.34.